The minimum atomic E-state index is -0.165. The van der Waals surface area contributed by atoms with Crippen LogP contribution in [0.15, 0.2) is 29.2 Å². The lowest BCUT2D eigenvalue weighted by Gasteiger charge is -2.16. The Morgan fingerprint density at radius 3 is 2.60 bits per heavy atom. The molecule has 3 aromatic rings. The number of H-pyrrole nitrogens is 1. The van der Waals surface area contributed by atoms with E-state index in [1.807, 2.05) is 17.4 Å². The fourth-order valence-electron chi connectivity index (χ4n) is 3.23. The normalized spacial score (nSPS) is 11.6. The quantitative estimate of drug-likeness (QED) is 0.775. The SMILES string of the molecule is CCC(CC)c1ncc2c(=O)[nH]c3ccc(C(=O)N(C)CC)cc3n12. The van der Waals surface area contributed by atoms with Crippen LogP contribution in [-0.4, -0.2) is 38.8 Å². The molecule has 25 heavy (non-hydrogen) atoms. The van der Waals surface area contributed by atoms with Crippen LogP contribution in [0.1, 0.15) is 55.7 Å². The van der Waals surface area contributed by atoms with Crippen LogP contribution < -0.4 is 5.56 Å². The minimum absolute atomic E-state index is 0.0343. The molecule has 0 bridgehead atoms. The van der Waals surface area contributed by atoms with Crippen molar-refractivity contribution in [2.24, 2.45) is 0 Å². The number of imidazole rings is 1. The molecule has 3 rings (SSSR count). The second-order valence-corrected chi connectivity index (χ2v) is 6.36. The van der Waals surface area contributed by atoms with Gasteiger partial charge in [0.25, 0.3) is 11.5 Å². The summed E-state index contributed by atoms with van der Waals surface area (Å²) in [6, 6.07) is 5.40. The van der Waals surface area contributed by atoms with Gasteiger partial charge in [-0.1, -0.05) is 13.8 Å². The third-order valence-corrected chi connectivity index (χ3v) is 4.93. The van der Waals surface area contributed by atoms with E-state index in [1.54, 1.807) is 30.3 Å². The van der Waals surface area contributed by atoms with Crippen molar-refractivity contribution < 1.29 is 4.79 Å². The van der Waals surface area contributed by atoms with Gasteiger partial charge in [0.05, 0.1) is 17.2 Å². The van der Waals surface area contributed by atoms with Crippen LogP contribution >= 0.6 is 0 Å². The van der Waals surface area contributed by atoms with Gasteiger partial charge in [-0.05, 0) is 38.0 Å². The van der Waals surface area contributed by atoms with Gasteiger partial charge in [0.15, 0.2) is 0 Å². The van der Waals surface area contributed by atoms with Crippen LogP contribution in [-0.2, 0) is 0 Å². The van der Waals surface area contributed by atoms with E-state index in [0.717, 1.165) is 24.2 Å². The topological polar surface area (TPSA) is 70.5 Å². The van der Waals surface area contributed by atoms with Gasteiger partial charge in [-0.3, -0.25) is 14.0 Å². The van der Waals surface area contributed by atoms with Gasteiger partial charge in [0.1, 0.15) is 11.3 Å². The van der Waals surface area contributed by atoms with Crippen LogP contribution in [0.25, 0.3) is 16.6 Å². The van der Waals surface area contributed by atoms with Crippen LogP contribution in [0.2, 0.25) is 0 Å². The molecule has 0 saturated heterocycles. The van der Waals surface area contributed by atoms with E-state index in [2.05, 4.69) is 23.8 Å². The van der Waals surface area contributed by atoms with Crippen molar-refractivity contribution in [3.63, 3.8) is 0 Å². The Morgan fingerprint density at radius 2 is 1.96 bits per heavy atom. The summed E-state index contributed by atoms with van der Waals surface area (Å²) in [4.78, 5) is 34.0. The molecule has 6 nitrogen and oxygen atoms in total. The van der Waals surface area contributed by atoms with E-state index in [4.69, 9.17) is 0 Å². The summed E-state index contributed by atoms with van der Waals surface area (Å²) in [7, 11) is 1.78. The molecule has 0 unspecified atom stereocenters. The van der Waals surface area contributed by atoms with Gasteiger partial charge >= 0.3 is 0 Å². The number of carbonyl (C=O) groups is 1. The van der Waals surface area contributed by atoms with Crippen LogP contribution in [0.3, 0.4) is 0 Å². The first-order valence-electron chi connectivity index (χ1n) is 8.80. The molecule has 0 atom stereocenters. The van der Waals surface area contributed by atoms with Gasteiger partial charge in [0.2, 0.25) is 0 Å². The summed E-state index contributed by atoms with van der Waals surface area (Å²) in [6.07, 6.45) is 3.51. The average molecular weight is 340 g/mol. The number of benzene rings is 1. The smallest absolute Gasteiger partial charge is 0.274 e. The van der Waals surface area contributed by atoms with Crippen molar-refractivity contribution in [3.05, 3.63) is 46.1 Å². The highest BCUT2D eigenvalue weighted by molar-refractivity contribution is 5.97. The first-order chi connectivity index (χ1) is 12.0. The highest BCUT2D eigenvalue weighted by Crippen LogP contribution is 2.25. The summed E-state index contributed by atoms with van der Waals surface area (Å²) in [5.41, 5.74) is 2.47. The van der Waals surface area contributed by atoms with Crippen molar-refractivity contribution in [2.75, 3.05) is 13.6 Å². The lowest BCUT2D eigenvalue weighted by Crippen LogP contribution is -2.26. The Hall–Kier alpha value is -2.63. The molecule has 0 fully saturated rings. The van der Waals surface area contributed by atoms with Crippen molar-refractivity contribution in [1.29, 1.82) is 0 Å². The first kappa shape index (κ1) is 17.2. The number of fused-ring (bicyclic) bond motifs is 3. The van der Waals surface area contributed by atoms with Crippen molar-refractivity contribution in [3.8, 4) is 0 Å². The Labute approximate surface area is 146 Å². The summed E-state index contributed by atoms with van der Waals surface area (Å²) in [5, 5.41) is 0. The molecule has 1 aromatic carbocycles. The molecule has 0 aliphatic heterocycles. The number of carbonyl (C=O) groups excluding carboxylic acids is 1. The molecule has 0 aliphatic rings. The van der Waals surface area contributed by atoms with Gasteiger partial charge in [-0.2, -0.15) is 0 Å². The van der Waals surface area contributed by atoms with E-state index in [-0.39, 0.29) is 17.4 Å². The Bertz CT molecular complexity index is 982. The lowest BCUT2D eigenvalue weighted by molar-refractivity contribution is 0.0802. The molecule has 6 heteroatoms. The zero-order valence-corrected chi connectivity index (χ0v) is 15.2. The predicted octanol–water partition coefficient (Wildman–Crippen LogP) is 3.17. The van der Waals surface area contributed by atoms with Crippen molar-refractivity contribution >= 4 is 22.5 Å². The molecule has 132 valence electrons. The van der Waals surface area contributed by atoms with Gasteiger partial charge in [-0.25, -0.2) is 4.98 Å². The number of hydrogen-bond acceptors (Lipinski definition) is 3. The number of rotatable bonds is 5. The van der Waals surface area contributed by atoms with Crippen LogP contribution in [0.4, 0.5) is 0 Å². The van der Waals surface area contributed by atoms with E-state index in [9.17, 15) is 9.59 Å². The molecule has 1 N–H and O–H groups in total. The van der Waals surface area contributed by atoms with Crippen molar-refractivity contribution in [1.82, 2.24) is 19.3 Å². The summed E-state index contributed by atoms with van der Waals surface area (Å²) >= 11 is 0. The average Bonchev–Trinajstić information content (AvgIpc) is 3.07. The molecule has 0 radical (unpaired) electrons. The number of aromatic nitrogens is 3. The molecule has 0 spiro atoms. The molecule has 0 saturated carbocycles. The maximum Gasteiger partial charge on any atom is 0.274 e. The Balaban J connectivity index is 2.32. The first-order valence-corrected chi connectivity index (χ1v) is 8.80. The van der Waals surface area contributed by atoms with Crippen LogP contribution in [0, 0.1) is 0 Å². The predicted molar refractivity (Wildman–Crippen MR) is 99.3 cm³/mol. The largest absolute Gasteiger partial charge is 0.342 e. The number of amides is 1. The molecule has 0 aliphatic carbocycles. The van der Waals surface area contributed by atoms with E-state index >= 15 is 0 Å². The summed E-state index contributed by atoms with van der Waals surface area (Å²) in [5.74, 6) is 1.11. The number of aromatic amines is 1. The van der Waals surface area contributed by atoms with Gasteiger partial charge in [0, 0.05) is 25.1 Å². The Kier molecular flexibility index (Phi) is 4.61. The highest BCUT2D eigenvalue weighted by atomic mass is 16.2. The highest BCUT2D eigenvalue weighted by Gasteiger charge is 2.18. The van der Waals surface area contributed by atoms with E-state index in [0.29, 0.717) is 23.1 Å². The maximum atomic E-state index is 12.5. The number of hydrogen-bond donors (Lipinski definition) is 1. The molecule has 1 amide bonds. The maximum absolute atomic E-state index is 12.5. The third-order valence-electron chi connectivity index (χ3n) is 4.93. The minimum Gasteiger partial charge on any atom is -0.342 e. The molecule has 2 heterocycles. The zero-order valence-electron chi connectivity index (χ0n) is 15.2. The second kappa shape index (κ2) is 6.70. The number of nitrogens with one attached hydrogen (secondary N) is 1. The zero-order chi connectivity index (χ0) is 18.1. The van der Waals surface area contributed by atoms with E-state index in [1.165, 1.54) is 0 Å². The second-order valence-electron chi connectivity index (χ2n) is 6.36. The fraction of sp³-hybridized carbons (Fsp3) is 0.421. The monoisotopic (exact) mass is 340 g/mol. The molecule has 2 aromatic heterocycles. The van der Waals surface area contributed by atoms with Crippen molar-refractivity contribution in [2.45, 2.75) is 39.5 Å². The molecular formula is C19H24N4O2. The summed E-state index contributed by atoms with van der Waals surface area (Å²) < 4.78 is 1.91. The third kappa shape index (κ3) is 2.81. The standard InChI is InChI=1S/C19H24N4O2/c1-5-12(6-2)17-20-11-16-18(24)21-14-9-8-13(10-15(14)23(16)17)19(25)22(4)7-3/h8-12H,5-7H2,1-4H3,(H,21,24). The van der Waals surface area contributed by atoms with Crippen LogP contribution in [0.5, 0.6) is 0 Å². The van der Waals surface area contributed by atoms with Gasteiger partial charge in [-0.15, -0.1) is 0 Å². The number of nitrogens with zero attached hydrogens (tertiary/aromatic N) is 3. The van der Waals surface area contributed by atoms with Gasteiger partial charge < -0.3 is 9.88 Å². The van der Waals surface area contributed by atoms with E-state index < -0.39 is 0 Å². The molecular weight excluding hydrogens is 316 g/mol. The fourth-order valence-corrected chi connectivity index (χ4v) is 3.23. The summed E-state index contributed by atoms with van der Waals surface area (Å²) in [6.45, 7) is 6.82. The lowest BCUT2D eigenvalue weighted by atomic mass is 10.0. The Morgan fingerprint density at radius 1 is 1.24 bits per heavy atom.